The summed E-state index contributed by atoms with van der Waals surface area (Å²) >= 11 is 0. The minimum Gasteiger partial charge on any atom is -0.394 e. The number of aliphatic hydroxyl groups excluding tert-OH is 1. The van der Waals surface area contributed by atoms with Crippen LogP contribution in [0, 0.1) is 5.92 Å². The Hall–Kier alpha value is -0.160. The highest BCUT2D eigenvalue weighted by Gasteiger charge is 2.43. The largest absolute Gasteiger partial charge is 0.394 e. The Morgan fingerprint density at radius 1 is 1.57 bits per heavy atom. The van der Waals surface area contributed by atoms with E-state index in [2.05, 4.69) is 5.32 Å². The number of ether oxygens (including phenoxy) is 2. The molecular formula is C10H19NO3. The van der Waals surface area contributed by atoms with E-state index in [0.717, 1.165) is 19.5 Å². The Kier molecular flexibility index (Phi) is 3.07. The monoisotopic (exact) mass is 201 g/mol. The number of hydrogen-bond acceptors (Lipinski definition) is 4. The third kappa shape index (κ3) is 1.93. The van der Waals surface area contributed by atoms with Gasteiger partial charge in [0.2, 0.25) is 0 Å². The third-order valence-corrected chi connectivity index (χ3v) is 3.20. The molecule has 14 heavy (non-hydrogen) atoms. The summed E-state index contributed by atoms with van der Waals surface area (Å²) in [5, 5.41) is 12.3. The molecule has 2 heterocycles. The zero-order valence-corrected chi connectivity index (χ0v) is 8.66. The SMILES string of the molecule is CC1(C2CCCNC2)OCC(CO)O1. The van der Waals surface area contributed by atoms with Gasteiger partial charge in [-0.3, -0.25) is 0 Å². The summed E-state index contributed by atoms with van der Waals surface area (Å²) in [6.45, 7) is 4.60. The van der Waals surface area contributed by atoms with E-state index in [1.807, 2.05) is 6.92 Å². The van der Waals surface area contributed by atoms with Gasteiger partial charge in [-0.1, -0.05) is 0 Å². The summed E-state index contributed by atoms with van der Waals surface area (Å²) in [5.41, 5.74) is 0. The van der Waals surface area contributed by atoms with Gasteiger partial charge in [0, 0.05) is 12.5 Å². The minimum absolute atomic E-state index is 0.0513. The maximum Gasteiger partial charge on any atom is 0.170 e. The van der Waals surface area contributed by atoms with Crippen LogP contribution < -0.4 is 5.32 Å². The Bertz CT molecular complexity index is 194. The van der Waals surface area contributed by atoms with E-state index in [0.29, 0.717) is 12.5 Å². The molecule has 0 bridgehead atoms. The van der Waals surface area contributed by atoms with Crippen LogP contribution in [-0.2, 0) is 9.47 Å². The van der Waals surface area contributed by atoms with Crippen molar-refractivity contribution in [2.24, 2.45) is 5.92 Å². The molecule has 82 valence electrons. The van der Waals surface area contributed by atoms with Gasteiger partial charge in [-0.25, -0.2) is 0 Å². The standard InChI is InChI=1S/C10H19NO3/c1-10(8-3-2-4-11-5-8)13-7-9(6-12)14-10/h8-9,11-12H,2-7H2,1H3. The lowest BCUT2D eigenvalue weighted by atomic mass is 9.92. The second-order valence-electron chi connectivity index (χ2n) is 4.29. The first kappa shape index (κ1) is 10.4. The average molecular weight is 201 g/mol. The number of nitrogens with one attached hydrogen (secondary N) is 1. The van der Waals surface area contributed by atoms with Crippen molar-refractivity contribution in [2.75, 3.05) is 26.3 Å². The molecule has 0 aromatic rings. The molecule has 2 fully saturated rings. The van der Waals surface area contributed by atoms with Crippen LogP contribution in [0.1, 0.15) is 19.8 Å². The average Bonchev–Trinajstić information content (AvgIpc) is 2.63. The van der Waals surface area contributed by atoms with E-state index in [4.69, 9.17) is 14.6 Å². The maximum atomic E-state index is 8.98. The molecule has 4 nitrogen and oxygen atoms in total. The Labute approximate surface area is 84.6 Å². The van der Waals surface area contributed by atoms with Crippen molar-refractivity contribution in [1.82, 2.24) is 5.32 Å². The molecule has 0 aliphatic carbocycles. The summed E-state index contributed by atoms with van der Waals surface area (Å²) in [6, 6.07) is 0. The Morgan fingerprint density at radius 3 is 3.00 bits per heavy atom. The Morgan fingerprint density at radius 2 is 2.43 bits per heavy atom. The molecule has 3 unspecified atom stereocenters. The number of piperidine rings is 1. The van der Waals surface area contributed by atoms with Crippen molar-refractivity contribution in [1.29, 1.82) is 0 Å². The molecule has 0 amide bonds. The van der Waals surface area contributed by atoms with Crippen LogP contribution in [0.15, 0.2) is 0 Å². The van der Waals surface area contributed by atoms with Gasteiger partial charge in [-0.15, -0.1) is 0 Å². The number of aliphatic hydroxyl groups is 1. The number of rotatable bonds is 2. The molecule has 4 heteroatoms. The van der Waals surface area contributed by atoms with Crippen LogP contribution in [0.4, 0.5) is 0 Å². The maximum absolute atomic E-state index is 8.98. The summed E-state index contributed by atoms with van der Waals surface area (Å²) < 4.78 is 11.4. The second kappa shape index (κ2) is 4.14. The topological polar surface area (TPSA) is 50.7 Å². The second-order valence-corrected chi connectivity index (χ2v) is 4.29. The fourth-order valence-electron chi connectivity index (χ4n) is 2.26. The van der Waals surface area contributed by atoms with E-state index in [1.165, 1.54) is 6.42 Å². The van der Waals surface area contributed by atoms with Crippen LogP contribution in [-0.4, -0.2) is 43.3 Å². The van der Waals surface area contributed by atoms with Gasteiger partial charge in [0.05, 0.1) is 13.2 Å². The van der Waals surface area contributed by atoms with Gasteiger partial charge in [0.25, 0.3) is 0 Å². The minimum atomic E-state index is -0.485. The molecule has 2 aliphatic rings. The van der Waals surface area contributed by atoms with E-state index in [9.17, 15) is 0 Å². The highest BCUT2D eigenvalue weighted by atomic mass is 16.7. The predicted octanol–water partition coefficient (Wildman–Crippen LogP) is 0.110. The van der Waals surface area contributed by atoms with Crippen molar-refractivity contribution >= 4 is 0 Å². The molecule has 0 aromatic heterocycles. The summed E-state index contributed by atoms with van der Waals surface area (Å²) in [4.78, 5) is 0. The lowest BCUT2D eigenvalue weighted by Gasteiger charge is -2.35. The lowest BCUT2D eigenvalue weighted by molar-refractivity contribution is -0.197. The van der Waals surface area contributed by atoms with Crippen LogP contribution >= 0.6 is 0 Å². The molecule has 2 saturated heterocycles. The summed E-state index contributed by atoms with van der Waals surface area (Å²) in [7, 11) is 0. The van der Waals surface area contributed by atoms with Crippen molar-refractivity contribution in [3.8, 4) is 0 Å². The molecule has 0 spiro atoms. The zero-order valence-electron chi connectivity index (χ0n) is 8.66. The van der Waals surface area contributed by atoms with Crippen molar-refractivity contribution < 1.29 is 14.6 Å². The summed E-state index contributed by atoms with van der Waals surface area (Å²) in [5.74, 6) is -0.0753. The van der Waals surface area contributed by atoms with Crippen LogP contribution in [0.25, 0.3) is 0 Å². The molecule has 2 rings (SSSR count). The number of hydrogen-bond donors (Lipinski definition) is 2. The first-order valence-corrected chi connectivity index (χ1v) is 5.38. The quantitative estimate of drug-likeness (QED) is 0.666. The van der Waals surface area contributed by atoms with Gasteiger partial charge >= 0.3 is 0 Å². The van der Waals surface area contributed by atoms with E-state index < -0.39 is 5.79 Å². The van der Waals surface area contributed by atoms with E-state index in [1.54, 1.807) is 0 Å². The molecular weight excluding hydrogens is 182 g/mol. The lowest BCUT2D eigenvalue weighted by Crippen LogP contribution is -2.45. The van der Waals surface area contributed by atoms with Gasteiger partial charge in [-0.05, 0) is 26.3 Å². The molecule has 2 N–H and O–H groups in total. The first-order valence-electron chi connectivity index (χ1n) is 5.38. The fourth-order valence-corrected chi connectivity index (χ4v) is 2.26. The van der Waals surface area contributed by atoms with Crippen molar-refractivity contribution in [2.45, 2.75) is 31.7 Å². The molecule has 3 atom stereocenters. The third-order valence-electron chi connectivity index (χ3n) is 3.20. The van der Waals surface area contributed by atoms with Crippen LogP contribution in [0.2, 0.25) is 0 Å². The predicted molar refractivity (Wildman–Crippen MR) is 51.9 cm³/mol. The van der Waals surface area contributed by atoms with Crippen molar-refractivity contribution in [3.63, 3.8) is 0 Å². The highest BCUT2D eigenvalue weighted by Crippen LogP contribution is 2.34. The van der Waals surface area contributed by atoms with E-state index in [-0.39, 0.29) is 12.7 Å². The van der Waals surface area contributed by atoms with Gasteiger partial charge in [0.1, 0.15) is 6.10 Å². The molecule has 0 saturated carbocycles. The normalized spacial score (nSPS) is 44.1. The highest BCUT2D eigenvalue weighted by molar-refractivity contribution is 4.85. The van der Waals surface area contributed by atoms with Gasteiger partial charge in [-0.2, -0.15) is 0 Å². The van der Waals surface area contributed by atoms with Crippen LogP contribution in [0.3, 0.4) is 0 Å². The first-order chi connectivity index (χ1) is 6.74. The smallest absolute Gasteiger partial charge is 0.170 e. The Balaban J connectivity index is 1.94. The van der Waals surface area contributed by atoms with E-state index >= 15 is 0 Å². The van der Waals surface area contributed by atoms with Crippen LogP contribution in [0.5, 0.6) is 0 Å². The summed E-state index contributed by atoms with van der Waals surface area (Å²) in [6.07, 6.45) is 2.18. The molecule has 0 radical (unpaired) electrons. The molecule has 2 aliphatic heterocycles. The molecule has 0 aromatic carbocycles. The zero-order chi connectivity index (χ0) is 10.0. The van der Waals surface area contributed by atoms with Gasteiger partial charge in [0.15, 0.2) is 5.79 Å². The fraction of sp³-hybridized carbons (Fsp3) is 1.00. The van der Waals surface area contributed by atoms with Crippen molar-refractivity contribution in [3.05, 3.63) is 0 Å². The van der Waals surface area contributed by atoms with Gasteiger partial charge < -0.3 is 19.9 Å².